The average molecular weight is 443 g/mol. The normalized spacial score (nSPS) is 21.3. The molecule has 2 aromatic rings. The first-order chi connectivity index (χ1) is 14.2. The van der Waals surface area contributed by atoms with E-state index in [0.717, 1.165) is 30.2 Å². The molecule has 0 fully saturated rings. The van der Waals surface area contributed by atoms with Gasteiger partial charge in [-0.1, -0.05) is 11.8 Å². The molecule has 0 spiro atoms. The lowest BCUT2D eigenvalue weighted by atomic mass is 9.87. The van der Waals surface area contributed by atoms with Gasteiger partial charge in [-0.2, -0.15) is 0 Å². The standard InChI is InChI=1S/C18H17F4N5O2S/c1-18(5-13(15(21)22)30-17(23)27-18)10-4-9(2-3-11(10)20)26-16(28)12-6-25-14(7-24-12)29-8-19/h2-4,6-7,13,15H,5,8H2,1H3,(H2,23,27)(H,26,28)/t13-,18-/m0/s1. The fraction of sp³-hybridized carbons (Fsp3) is 0.333. The predicted molar refractivity (Wildman–Crippen MR) is 104 cm³/mol. The largest absolute Gasteiger partial charge is 0.445 e. The third-order valence-electron chi connectivity index (χ3n) is 4.38. The Bertz CT molecular complexity index is 960. The summed E-state index contributed by atoms with van der Waals surface area (Å²) in [6, 6.07) is 3.73. The summed E-state index contributed by atoms with van der Waals surface area (Å²) in [7, 11) is 0. The summed E-state index contributed by atoms with van der Waals surface area (Å²) in [6.07, 6.45) is -0.626. The van der Waals surface area contributed by atoms with Gasteiger partial charge in [-0.25, -0.2) is 27.5 Å². The number of aliphatic imine (C=N–C) groups is 1. The van der Waals surface area contributed by atoms with Crippen LogP contribution in [0, 0.1) is 5.82 Å². The monoisotopic (exact) mass is 443 g/mol. The van der Waals surface area contributed by atoms with Crippen LogP contribution in [0.1, 0.15) is 29.4 Å². The number of carbonyl (C=O) groups excluding carboxylic acids is 1. The molecule has 1 aliphatic heterocycles. The van der Waals surface area contributed by atoms with Crippen molar-refractivity contribution < 1.29 is 27.1 Å². The van der Waals surface area contributed by atoms with Crippen molar-refractivity contribution in [2.45, 2.75) is 30.6 Å². The summed E-state index contributed by atoms with van der Waals surface area (Å²) in [5.41, 5.74) is 4.49. The molecule has 1 aromatic heterocycles. The second-order valence-electron chi connectivity index (χ2n) is 6.56. The Morgan fingerprint density at radius 2 is 2.17 bits per heavy atom. The highest BCUT2D eigenvalue weighted by molar-refractivity contribution is 8.14. The maximum absolute atomic E-state index is 14.5. The number of benzene rings is 1. The van der Waals surface area contributed by atoms with Gasteiger partial charge in [0.1, 0.15) is 11.5 Å². The van der Waals surface area contributed by atoms with E-state index in [1.165, 1.54) is 19.1 Å². The molecule has 0 saturated carbocycles. The Morgan fingerprint density at radius 3 is 2.80 bits per heavy atom. The number of carbonyl (C=O) groups is 1. The van der Waals surface area contributed by atoms with Crippen LogP contribution in [0.15, 0.2) is 35.6 Å². The highest BCUT2D eigenvalue weighted by atomic mass is 32.2. The van der Waals surface area contributed by atoms with E-state index in [-0.39, 0.29) is 34.4 Å². The number of aromatic nitrogens is 2. The van der Waals surface area contributed by atoms with Crippen molar-refractivity contribution in [2.24, 2.45) is 10.7 Å². The fourth-order valence-corrected chi connectivity index (χ4v) is 4.06. The molecule has 1 aliphatic rings. The van der Waals surface area contributed by atoms with Crippen molar-refractivity contribution in [3.63, 3.8) is 0 Å². The number of nitrogens with zero attached hydrogens (tertiary/aromatic N) is 3. The van der Waals surface area contributed by atoms with Crippen LogP contribution in [-0.2, 0) is 5.54 Å². The number of alkyl halides is 3. The van der Waals surface area contributed by atoms with E-state index in [1.807, 2.05) is 0 Å². The smallest absolute Gasteiger partial charge is 0.275 e. The van der Waals surface area contributed by atoms with Crippen LogP contribution in [0.3, 0.4) is 0 Å². The van der Waals surface area contributed by atoms with Crippen LogP contribution in [0.5, 0.6) is 5.88 Å². The van der Waals surface area contributed by atoms with Gasteiger partial charge in [0, 0.05) is 11.3 Å². The van der Waals surface area contributed by atoms with Crippen molar-refractivity contribution in [1.82, 2.24) is 9.97 Å². The Kier molecular flexibility index (Phi) is 6.44. The summed E-state index contributed by atoms with van der Waals surface area (Å²) in [5.74, 6) is -1.42. The molecular formula is C18H17F4N5O2S. The third kappa shape index (κ3) is 4.81. The van der Waals surface area contributed by atoms with Crippen molar-refractivity contribution in [2.75, 3.05) is 12.2 Å². The van der Waals surface area contributed by atoms with Gasteiger partial charge in [-0.05, 0) is 31.5 Å². The molecule has 160 valence electrons. The van der Waals surface area contributed by atoms with Gasteiger partial charge in [-0.3, -0.25) is 9.79 Å². The molecule has 1 aromatic carbocycles. The zero-order chi connectivity index (χ0) is 21.9. The zero-order valence-corrected chi connectivity index (χ0v) is 16.4. The topological polar surface area (TPSA) is 102 Å². The number of nitrogens with one attached hydrogen (secondary N) is 1. The highest BCUT2D eigenvalue weighted by Gasteiger charge is 2.40. The molecular weight excluding hydrogens is 426 g/mol. The molecule has 0 radical (unpaired) electrons. The minimum Gasteiger partial charge on any atom is -0.445 e. The summed E-state index contributed by atoms with van der Waals surface area (Å²) in [6.45, 7) is 0.420. The maximum Gasteiger partial charge on any atom is 0.275 e. The fourth-order valence-electron chi connectivity index (χ4n) is 2.99. The Morgan fingerprint density at radius 1 is 1.40 bits per heavy atom. The van der Waals surface area contributed by atoms with Crippen molar-refractivity contribution >= 4 is 28.5 Å². The zero-order valence-electron chi connectivity index (χ0n) is 15.6. The maximum atomic E-state index is 14.5. The van der Waals surface area contributed by atoms with Gasteiger partial charge in [0.25, 0.3) is 12.3 Å². The van der Waals surface area contributed by atoms with E-state index in [9.17, 15) is 22.4 Å². The number of halogens is 4. The number of amidine groups is 1. The quantitative estimate of drug-likeness (QED) is 0.663. The van der Waals surface area contributed by atoms with E-state index in [1.54, 1.807) is 0 Å². The lowest BCUT2D eigenvalue weighted by Gasteiger charge is -2.34. The number of ether oxygens (including phenoxy) is 1. The number of anilines is 1. The number of hydrogen-bond donors (Lipinski definition) is 2. The highest BCUT2D eigenvalue weighted by Crippen LogP contribution is 2.42. The molecule has 3 rings (SSSR count). The second kappa shape index (κ2) is 8.86. The lowest BCUT2D eigenvalue weighted by molar-refractivity contribution is 0.102. The summed E-state index contributed by atoms with van der Waals surface area (Å²) in [5, 5.41) is 1.33. The molecule has 3 N–H and O–H groups in total. The first kappa shape index (κ1) is 21.8. The number of nitrogens with two attached hydrogens (primary N) is 1. The molecule has 1 amide bonds. The number of hydrogen-bond acceptors (Lipinski definition) is 7. The van der Waals surface area contributed by atoms with E-state index in [0.29, 0.717) is 0 Å². The van der Waals surface area contributed by atoms with Crippen LogP contribution in [0.25, 0.3) is 0 Å². The predicted octanol–water partition coefficient (Wildman–Crippen LogP) is 3.47. The first-order valence-electron chi connectivity index (χ1n) is 8.64. The van der Waals surface area contributed by atoms with Gasteiger partial charge in [0.15, 0.2) is 5.17 Å². The van der Waals surface area contributed by atoms with Gasteiger partial charge in [-0.15, -0.1) is 0 Å². The molecule has 7 nitrogen and oxygen atoms in total. The van der Waals surface area contributed by atoms with Crippen molar-refractivity contribution in [3.05, 3.63) is 47.7 Å². The molecule has 0 unspecified atom stereocenters. The number of rotatable bonds is 6. The molecule has 2 atom stereocenters. The summed E-state index contributed by atoms with van der Waals surface area (Å²) < 4.78 is 57.7. The van der Waals surface area contributed by atoms with Gasteiger partial charge >= 0.3 is 0 Å². The van der Waals surface area contributed by atoms with Crippen LogP contribution in [-0.4, -0.2) is 39.6 Å². The number of thioether (sulfide) groups is 1. The Hall–Kier alpha value is -2.89. The number of amides is 1. The molecule has 0 bridgehead atoms. The minimum absolute atomic E-state index is 0.0203. The van der Waals surface area contributed by atoms with Crippen LogP contribution in [0.2, 0.25) is 0 Å². The van der Waals surface area contributed by atoms with Crippen LogP contribution < -0.4 is 15.8 Å². The van der Waals surface area contributed by atoms with Gasteiger partial charge < -0.3 is 15.8 Å². The van der Waals surface area contributed by atoms with Crippen LogP contribution in [0.4, 0.5) is 23.2 Å². The Balaban J connectivity index is 1.84. The van der Waals surface area contributed by atoms with Crippen LogP contribution >= 0.6 is 11.8 Å². The summed E-state index contributed by atoms with van der Waals surface area (Å²) in [4.78, 5) is 24.1. The lowest BCUT2D eigenvalue weighted by Crippen LogP contribution is -2.37. The summed E-state index contributed by atoms with van der Waals surface area (Å²) >= 11 is 0.751. The SMILES string of the molecule is C[C@@]1(c2cc(NC(=O)c3cnc(OCF)cn3)ccc2F)C[C@@H](C(F)F)SC(N)=N1. The third-order valence-corrected chi connectivity index (χ3v) is 5.38. The molecule has 0 aliphatic carbocycles. The average Bonchev–Trinajstić information content (AvgIpc) is 2.69. The van der Waals surface area contributed by atoms with E-state index in [4.69, 9.17) is 5.73 Å². The second-order valence-corrected chi connectivity index (χ2v) is 7.82. The molecule has 30 heavy (non-hydrogen) atoms. The molecule has 2 heterocycles. The van der Waals surface area contributed by atoms with Crippen molar-refractivity contribution in [3.8, 4) is 5.88 Å². The first-order valence-corrected chi connectivity index (χ1v) is 9.52. The van der Waals surface area contributed by atoms with Crippen molar-refractivity contribution in [1.29, 1.82) is 0 Å². The van der Waals surface area contributed by atoms with Gasteiger partial charge in [0.2, 0.25) is 12.7 Å². The van der Waals surface area contributed by atoms with E-state index in [2.05, 4.69) is 25.0 Å². The minimum atomic E-state index is -2.66. The molecule has 0 saturated heterocycles. The van der Waals surface area contributed by atoms with Gasteiger partial charge in [0.05, 0.1) is 23.2 Å². The molecule has 12 heteroatoms. The van der Waals surface area contributed by atoms with E-state index >= 15 is 0 Å². The Labute approximate surface area is 173 Å². The van der Waals surface area contributed by atoms with E-state index < -0.39 is 35.8 Å².